The van der Waals surface area contributed by atoms with Crippen LogP contribution in [0.3, 0.4) is 0 Å². The molecule has 0 aromatic rings. The molecule has 0 fully saturated rings. The van der Waals surface area contributed by atoms with Gasteiger partial charge in [0.05, 0.1) is 66.1 Å². The normalized spacial score (nSPS) is 11.8. The number of hydrogen-bond donors (Lipinski definition) is 0. The maximum absolute atomic E-state index is 5.70. The van der Waals surface area contributed by atoms with Crippen LogP contribution in [-0.4, -0.2) is 129 Å². The molecule has 0 aliphatic carbocycles. The fourth-order valence-corrected chi connectivity index (χ4v) is 2.32. The second-order valence-corrected chi connectivity index (χ2v) is 6.90. The van der Waals surface area contributed by atoms with E-state index in [4.69, 9.17) is 28.4 Å². The second-order valence-electron chi connectivity index (χ2n) is 6.90. The molecule has 0 aliphatic heterocycles. The third kappa shape index (κ3) is 23.8. The van der Waals surface area contributed by atoms with Gasteiger partial charge in [-0.1, -0.05) is 6.92 Å². The molecule has 0 aromatic carbocycles. The van der Waals surface area contributed by atoms with E-state index in [0.29, 0.717) is 59.5 Å². The maximum atomic E-state index is 5.70. The first kappa shape index (κ1) is 28.7. The molecule has 0 aliphatic rings. The molecule has 0 amide bonds. The number of rotatable bonds is 24. The lowest BCUT2D eigenvalue weighted by Gasteiger charge is -2.22. The molecule has 0 saturated heterocycles. The molecule has 0 atom stereocenters. The number of nitrogens with zero attached hydrogens (tertiary/aromatic N) is 2. The van der Waals surface area contributed by atoms with Crippen LogP contribution < -0.4 is 0 Å². The molecule has 0 unspecified atom stereocenters. The predicted octanol–water partition coefficient (Wildman–Crippen LogP) is 1.38. The SMILES string of the molecule is CCCOCCOCCN(CCOCCOCC)CCOCCOCCN(C)C. The number of hydrogen-bond acceptors (Lipinski definition) is 8. The lowest BCUT2D eigenvalue weighted by Crippen LogP contribution is -2.34. The molecule has 0 heterocycles. The third-order valence-electron chi connectivity index (χ3n) is 4.01. The summed E-state index contributed by atoms with van der Waals surface area (Å²) in [7, 11) is 4.08. The Labute approximate surface area is 178 Å². The molecule has 8 nitrogen and oxygen atoms in total. The van der Waals surface area contributed by atoms with Crippen molar-refractivity contribution in [1.29, 1.82) is 0 Å². The van der Waals surface area contributed by atoms with Gasteiger partial charge in [-0.3, -0.25) is 4.90 Å². The zero-order chi connectivity index (χ0) is 21.4. The minimum atomic E-state index is 0.622. The molecular formula is C21H46N2O6. The van der Waals surface area contributed by atoms with E-state index < -0.39 is 0 Å². The molecule has 176 valence electrons. The molecule has 0 rings (SSSR count). The summed E-state index contributed by atoms with van der Waals surface area (Å²) in [6.45, 7) is 15.7. The summed E-state index contributed by atoms with van der Waals surface area (Å²) in [5, 5.41) is 0. The van der Waals surface area contributed by atoms with Crippen molar-refractivity contribution >= 4 is 0 Å². The summed E-state index contributed by atoms with van der Waals surface area (Å²) in [5.41, 5.74) is 0. The van der Waals surface area contributed by atoms with E-state index in [1.54, 1.807) is 0 Å². The predicted molar refractivity (Wildman–Crippen MR) is 116 cm³/mol. The van der Waals surface area contributed by atoms with Crippen LogP contribution in [-0.2, 0) is 28.4 Å². The van der Waals surface area contributed by atoms with Gasteiger partial charge >= 0.3 is 0 Å². The van der Waals surface area contributed by atoms with Crippen molar-refractivity contribution in [3.63, 3.8) is 0 Å². The van der Waals surface area contributed by atoms with Crippen LogP contribution in [0.25, 0.3) is 0 Å². The highest BCUT2D eigenvalue weighted by molar-refractivity contribution is 4.57. The summed E-state index contributed by atoms with van der Waals surface area (Å²) in [5.74, 6) is 0. The van der Waals surface area contributed by atoms with Crippen LogP contribution >= 0.6 is 0 Å². The Morgan fingerprint density at radius 2 is 0.828 bits per heavy atom. The van der Waals surface area contributed by atoms with Crippen molar-refractivity contribution in [2.75, 3.05) is 120 Å². The van der Waals surface area contributed by atoms with Gasteiger partial charge in [-0.25, -0.2) is 0 Å². The fourth-order valence-electron chi connectivity index (χ4n) is 2.32. The van der Waals surface area contributed by atoms with E-state index in [1.807, 2.05) is 21.0 Å². The monoisotopic (exact) mass is 422 g/mol. The highest BCUT2D eigenvalue weighted by atomic mass is 16.5. The van der Waals surface area contributed by atoms with Crippen LogP contribution in [0, 0.1) is 0 Å². The molecule has 0 saturated carbocycles. The summed E-state index contributed by atoms with van der Waals surface area (Å²) < 4.78 is 33.3. The van der Waals surface area contributed by atoms with E-state index in [0.717, 1.165) is 52.4 Å². The van der Waals surface area contributed by atoms with E-state index in [2.05, 4.69) is 16.7 Å². The summed E-state index contributed by atoms with van der Waals surface area (Å²) >= 11 is 0. The Morgan fingerprint density at radius 1 is 0.448 bits per heavy atom. The summed E-state index contributed by atoms with van der Waals surface area (Å²) in [6.07, 6.45) is 1.04. The summed E-state index contributed by atoms with van der Waals surface area (Å²) in [4.78, 5) is 4.41. The average molecular weight is 423 g/mol. The van der Waals surface area contributed by atoms with Gasteiger partial charge in [0, 0.05) is 39.4 Å². The quantitative estimate of drug-likeness (QED) is 0.216. The van der Waals surface area contributed by atoms with E-state index in [9.17, 15) is 0 Å². The van der Waals surface area contributed by atoms with Crippen molar-refractivity contribution in [1.82, 2.24) is 9.80 Å². The molecule has 29 heavy (non-hydrogen) atoms. The first-order valence-electron chi connectivity index (χ1n) is 11.0. The van der Waals surface area contributed by atoms with Gasteiger partial charge in [0.15, 0.2) is 0 Å². The van der Waals surface area contributed by atoms with E-state index >= 15 is 0 Å². The summed E-state index contributed by atoms with van der Waals surface area (Å²) in [6, 6.07) is 0. The van der Waals surface area contributed by atoms with Gasteiger partial charge in [-0.2, -0.15) is 0 Å². The number of likely N-dealkylation sites (N-methyl/N-ethyl adjacent to an activating group) is 1. The van der Waals surface area contributed by atoms with Crippen molar-refractivity contribution in [2.24, 2.45) is 0 Å². The molecule has 0 radical (unpaired) electrons. The second kappa shape index (κ2) is 24.0. The maximum Gasteiger partial charge on any atom is 0.0701 e. The van der Waals surface area contributed by atoms with E-state index in [1.165, 1.54) is 0 Å². The Balaban J connectivity index is 3.80. The first-order chi connectivity index (χ1) is 14.2. The van der Waals surface area contributed by atoms with Crippen molar-refractivity contribution in [2.45, 2.75) is 20.3 Å². The number of ether oxygens (including phenoxy) is 6. The fraction of sp³-hybridized carbons (Fsp3) is 1.00. The lowest BCUT2D eigenvalue weighted by molar-refractivity contribution is 0.0105. The zero-order valence-corrected chi connectivity index (χ0v) is 19.4. The van der Waals surface area contributed by atoms with Gasteiger partial charge in [-0.05, 0) is 27.4 Å². The van der Waals surface area contributed by atoms with Crippen LogP contribution in [0.15, 0.2) is 0 Å². The topological polar surface area (TPSA) is 61.9 Å². The zero-order valence-electron chi connectivity index (χ0n) is 19.4. The molecule has 0 N–H and O–H groups in total. The Morgan fingerprint density at radius 3 is 1.21 bits per heavy atom. The Bertz CT molecular complexity index is 311. The van der Waals surface area contributed by atoms with Crippen molar-refractivity contribution < 1.29 is 28.4 Å². The van der Waals surface area contributed by atoms with Gasteiger partial charge in [0.25, 0.3) is 0 Å². The Kier molecular flexibility index (Phi) is 23.7. The molecular weight excluding hydrogens is 376 g/mol. The molecule has 0 bridgehead atoms. The van der Waals surface area contributed by atoms with Crippen molar-refractivity contribution in [3.8, 4) is 0 Å². The molecule has 8 heteroatoms. The van der Waals surface area contributed by atoms with Crippen LogP contribution in [0.5, 0.6) is 0 Å². The highest BCUT2D eigenvalue weighted by Gasteiger charge is 2.05. The molecule has 0 spiro atoms. The molecule has 0 aromatic heterocycles. The van der Waals surface area contributed by atoms with Crippen LogP contribution in [0.1, 0.15) is 20.3 Å². The van der Waals surface area contributed by atoms with Gasteiger partial charge in [0.2, 0.25) is 0 Å². The lowest BCUT2D eigenvalue weighted by atomic mass is 10.4. The minimum absolute atomic E-state index is 0.622. The third-order valence-corrected chi connectivity index (χ3v) is 4.01. The Hall–Kier alpha value is -0.320. The standard InChI is InChI=1S/C21H46N2O6/c1-5-11-25-18-19-28-14-9-23(8-13-27-17-16-24-6-2)10-15-29-21-20-26-12-7-22(3)4/h5-21H2,1-4H3. The van der Waals surface area contributed by atoms with Gasteiger partial charge in [-0.15, -0.1) is 0 Å². The van der Waals surface area contributed by atoms with Gasteiger partial charge in [0.1, 0.15) is 0 Å². The van der Waals surface area contributed by atoms with Crippen LogP contribution in [0.2, 0.25) is 0 Å². The smallest absolute Gasteiger partial charge is 0.0701 e. The average Bonchev–Trinajstić information content (AvgIpc) is 2.70. The van der Waals surface area contributed by atoms with Gasteiger partial charge < -0.3 is 33.3 Å². The largest absolute Gasteiger partial charge is 0.379 e. The minimum Gasteiger partial charge on any atom is -0.379 e. The first-order valence-corrected chi connectivity index (χ1v) is 11.0. The van der Waals surface area contributed by atoms with Crippen molar-refractivity contribution in [3.05, 3.63) is 0 Å². The van der Waals surface area contributed by atoms with Crippen LogP contribution in [0.4, 0.5) is 0 Å². The highest BCUT2D eigenvalue weighted by Crippen LogP contribution is 1.93. The van der Waals surface area contributed by atoms with E-state index in [-0.39, 0.29) is 0 Å².